The molecule has 1 aliphatic heterocycles. The molecule has 3 heterocycles. The van der Waals surface area contributed by atoms with E-state index in [1.807, 2.05) is 0 Å². The number of halogens is 4. The summed E-state index contributed by atoms with van der Waals surface area (Å²) in [7, 11) is 0. The lowest BCUT2D eigenvalue weighted by atomic mass is 9.97. The Labute approximate surface area is 139 Å². The number of hydrogen-bond acceptors (Lipinski definition) is 4. The zero-order valence-electron chi connectivity index (χ0n) is 13.0. The van der Waals surface area contributed by atoms with Crippen molar-refractivity contribution in [1.82, 2.24) is 19.7 Å². The van der Waals surface area contributed by atoms with Crippen LogP contribution in [0.2, 0.25) is 0 Å². The summed E-state index contributed by atoms with van der Waals surface area (Å²) in [5.74, 6) is -2.45. The standard InChI is InChI=1S/C15H14F4N4O2/c1-8-6-22(14(25)12(24)15(17,18)19)7-9-5-21-23(11(8)9)13-10(16)3-2-4-20-13/h2-5,8,12,24H,6-7H2,1H3. The molecule has 25 heavy (non-hydrogen) atoms. The fourth-order valence-corrected chi connectivity index (χ4v) is 2.91. The van der Waals surface area contributed by atoms with Gasteiger partial charge in [-0.1, -0.05) is 6.92 Å². The molecular weight excluding hydrogens is 344 g/mol. The maximum Gasteiger partial charge on any atom is 0.423 e. The van der Waals surface area contributed by atoms with Crippen molar-refractivity contribution >= 4 is 5.91 Å². The van der Waals surface area contributed by atoms with Crippen LogP contribution < -0.4 is 0 Å². The largest absolute Gasteiger partial charge is 0.423 e. The fourth-order valence-electron chi connectivity index (χ4n) is 2.91. The van der Waals surface area contributed by atoms with Crippen molar-refractivity contribution in [2.24, 2.45) is 0 Å². The maximum absolute atomic E-state index is 13.9. The molecule has 1 amide bonds. The summed E-state index contributed by atoms with van der Waals surface area (Å²) in [4.78, 5) is 16.7. The number of alkyl halides is 3. The summed E-state index contributed by atoms with van der Waals surface area (Å²) in [5, 5.41) is 13.2. The SMILES string of the molecule is CC1CN(C(=O)C(O)C(F)(F)F)Cc2cnn(-c3ncccc3F)c21. The van der Waals surface area contributed by atoms with Gasteiger partial charge >= 0.3 is 6.18 Å². The first-order valence-electron chi connectivity index (χ1n) is 7.41. The third-order valence-electron chi connectivity index (χ3n) is 4.00. The van der Waals surface area contributed by atoms with Crippen molar-refractivity contribution < 1.29 is 27.5 Å². The number of fused-ring (bicyclic) bond motifs is 1. The van der Waals surface area contributed by atoms with Gasteiger partial charge in [0.15, 0.2) is 11.6 Å². The summed E-state index contributed by atoms with van der Waals surface area (Å²) in [6, 6.07) is 2.65. The molecule has 2 unspecified atom stereocenters. The predicted octanol–water partition coefficient (Wildman–Crippen LogP) is 1.78. The van der Waals surface area contributed by atoms with Gasteiger partial charge in [-0.15, -0.1) is 0 Å². The minimum atomic E-state index is -5.03. The van der Waals surface area contributed by atoms with Gasteiger partial charge < -0.3 is 10.0 Å². The first-order valence-corrected chi connectivity index (χ1v) is 7.41. The molecule has 134 valence electrons. The second-order valence-corrected chi connectivity index (χ2v) is 5.84. The quantitative estimate of drug-likeness (QED) is 0.831. The second kappa shape index (κ2) is 6.10. The smallest absolute Gasteiger partial charge is 0.376 e. The molecule has 0 aromatic carbocycles. The summed E-state index contributed by atoms with van der Waals surface area (Å²) >= 11 is 0. The summed E-state index contributed by atoms with van der Waals surface area (Å²) in [5.41, 5.74) is 1.05. The van der Waals surface area contributed by atoms with Crippen molar-refractivity contribution in [3.05, 3.63) is 41.6 Å². The zero-order valence-corrected chi connectivity index (χ0v) is 13.0. The zero-order chi connectivity index (χ0) is 18.4. The highest BCUT2D eigenvalue weighted by molar-refractivity contribution is 5.81. The van der Waals surface area contributed by atoms with Crippen LogP contribution in [0.4, 0.5) is 17.6 Å². The van der Waals surface area contributed by atoms with Crippen LogP contribution in [-0.4, -0.2) is 49.5 Å². The van der Waals surface area contributed by atoms with E-state index in [2.05, 4.69) is 10.1 Å². The minimum Gasteiger partial charge on any atom is -0.376 e. The van der Waals surface area contributed by atoms with E-state index in [0.717, 1.165) is 4.90 Å². The highest BCUT2D eigenvalue weighted by Crippen LogP contribution is 2.31. The molecule has 0 fully saturated rings. The maximum atomic E-state index is 13.9. The Morgan fingerprint density at radius 2 is 2.16 bits per heavy atom. The Morgan fingerprint density at radius 3 is 2.80 bits per heavy atom. The molecule has 0 aliphatic carbocycles. The van der Waals surface area contributed by atoms with Crippen LogP contribution in [0.15, 0.2) is 24.5 Å². The van der Waals surface area contributed by atoms with E-state index >= 15 is 0 Å². The Kier molecular flexibility index (Phi) is 4.23. The topological polar surface area (TPSA) is 71.2 Å². The van der Waals surface area contributed by atoms with Gasteiger partial charge in [0.05, 0.1) is 11.9 Å². The number of rotatable bonds is 2. The van der Waals surface area contributed by atoms with E-state index in [1.165, 1.54) is 29.2 Å². The molecule has 3 rings (SSSR count). The Hall–Kier alpha value is -2.49. The molecule has 6 nitrogen and oxygen atoms in total. The second-order valence-electron chi connectivity index (χ2n) is 5.84. The van der Waals surface area contributed by atoms with E-state index in [4.69, 9.17) is 5.11 Å². The lowest BCUT2D eigenvalue weighted by Gasteiger charge is -2.33. The Morgan fingerprint density at radius 1 is 1.44 bits per heavy atom. The summed E-state index contributed by atoms with van der Waals surface area (Å²) in [6.45, 7) is 1.47. The molecule has 2 aromatic rings. The van der Waals surface area contributed by atoms with Gasteiger partial charge in [-0.2, -0.15) is 18.3 Å². The number of carbonyl (C=O) groups is 1. The van der Waals surface area contributed by atoms with Gasteiger partial charge in [0, 0.05) is 30.8 Å². The van der Waals surface area contributed by atoms with Crippen molar-refractivity contribution in [1.29, 1.82) is 0 Å². The van der Waals surface area contributed by atoms with Gasteiger partial charge in [0.25, 0.3) is 5.91 Å². The van der Waals surface area contributed by atoms with Crippen LogP contribution in [0.25, 0.3) is 5.82 Å². The van der Waals surface area contributed by atoms with Gasteiger partial charge in [0.1, 0.15) is 0 Å². The van der Waals surface area contributed by atoms with E-state index in [-0.39, 0.29) is 18.9 Å². The van der Waals surface area contributed by atoms with Crippen LogP contribution in [0.1, 0.15) is 24.1 Å². The average Bonchev–Trinajstić information content (AvgIpc) is 2.97. The third-order valence-corrected chi connectivity index (χ3v) is 4.00. The van der Waals surface area contributed by atoms with E-state index < -0.39 is 29.9 Å². The summed E-state index contributed by atoms with van der Waals surface area (Å²) in [6.07, 6.45) is -5.33. The number of hydrogen-bond donors (Lipinski definition) is 1. The normalized spacial score (nSPS) is 18.8. The van der Waals surface area contributed by atoms with Crippen molar-refractivity contribution in [2.45, 2.75) is 31.7 Å². The highest BCUT2D eigenvalue weighted by Gasteiger charge is 2.46. The van der Waals surface area contributed by atoms with Crippen LogP contribution in [-0.2, 0) is 11.3 Å². The molecule has 10 heteroatoms. The van der Waals surface area contributed by atoms with Crippen LogP contribution in [0, 0.1) is 5.82 Å². The number of amides is 1. The predicted molar refractivity (Wildman–Crippen MR) is 77.2 cm³/mol. The Bertz CT molecular complexity index is 805. The number of carbonyl (C=O) groups excluding carboxylic acids is 1. The molecule has 0 saturated carbocycles. The van der Waals surface area contributed by atoms with E-state index in [1.54, 1.807) is 6.92 Å². The van der Waals surface area contributed by atoms with Crippen LogP contribution >= 0.6 is 0 Å². The molecule has 2 atom stereocenters. The number of pyridine rings is 1. The summed E-state index contributed by atoms with van der Waals surface area (Å²) < 4.78 is 52.9. The molecule has 1 aliphatic rings. The minimum absolute atomic E-state index is 0.0225. The molecule has 0 radical (unpaired) electrons. The molecule has 0 spiro atoms. The lowest BCUT2D eigenvalue weighted by Crippen LogP contribution is -2.48. The lowest BCUT2D eigenvalue weighted by molar-refractivity contribution is -0.211. The molecule has 2 aromatic heterocycles. The molecular formula is C15H14F4N4O2. The molecule has 0 saturated heterocycles. The highest BCUT2D eigenvalue weighted by atomic mass is 19.4. The van der Waals surface area contributed by atoms with Crippen LogP contribution in [0.3, 0.4) is 0 Å². The van der Waals surface area contributed by atoms with E-state index in [9.17, 15) is 22.4 Å². The monoisotopic (exact) mass is 358 g/mol. The van der Waals surface area contributed by atoms with Crippen molar-refractivity contribution in [3.8, 4) is 5.82 Å². The molecule has 0 bridgehead atoms. The fraction of sp³-hybridized carbons (Fsp3) is 0.400. The third kappa shape index (κ3) is 3.09. The van der Waals surface area contributed by atoms with Gasteiger partial charge in [-0.25, -0.2) is 14.1 Å². The van der Waals surface area contributed by atoms with Crippen molar-refractivity contribution in [2.75, 3.05) is 6.54 Å². The number of nitrogens with zero attached hydrogens (tertiary/aromatic N) is 4. The van der Waals surface area contributed by atoms with E-state index in [0.29, 0.717) is 11.3 Å². The number of aliphatic hydroxyl groups is 1. The average molecular weight is 358 g/mol. The van der Waals surface area contributed by atoms with Crippen molar-refractivity contribution in [3.63, 3.8) is 0 Å². The van der Waals surface area contributed by atoms with Crippen LogP contribution in [0.5, 0.6) is 0 Å². The van der Waals surface area contributed by atoms with Gasteiger partial charge in [-0.3, -0.25) is 4.79 Å². The van der Waals surface area contributed by atoms with Gasteiger partial charge in [0.2, 0.25) is 6.10 Å². The molecule has 1 N–H and O–H groups in total. The van der Waals surface area contributed by atoms with Gasteiger partial charge in [-0.05, 0) is 12.1 Å². The first kappa shape index (κ1) is 17.3. The Balaban J connectivity index is 1.91. The first-order chi connectivity index (χ1) is 11.7. The number of aromatic nitrogens is 3. The number of aliphatic hydroxyl groups excluding tert-OH is 1.